The third kappa shape index (κ3) is 5.97. The maximum atomic E-state index is 5.01. The van der Waals surface area contributed by atoms with Crippen molar-refractivity contribution in [3.8, 4) is 0 Å². The average Bonchev–Trinajstić information content (AvgIpc) is 2.35. The summed E-state index contributed by atoms with van der Waals surface area (Å²) in [6.07, 6.45) is 3.11. The summed E-state index contributed by atoms with van der Waals surface area (Å²) in [6.45, 7) is 11.3. The van der Waals surface area contributed by atoms with Gasteiger partial charge in [0.1, 0.15) is 5.82 Å². The topological polar surface area (TPSA) is 47.0 Å². The van der Waals surface area contributed by atoms with Crippen LogP contribution in [0.3, 0.4) is 0 Å². The van der Waals surface area contributed by atoms with E-state index < -0.39 is 0 Å². The van der Waals surface area contributed by atoms with Gasteiger partial charge in [0.15, 0.2) is 0 Å². The molecule has 20 heavy (non-hydrogen) atoms. The quantitative estimate of drug-likeness (QED) is 0.705. The number of rotatable bonds is 9. The number of nitrogens with one attached hydrogen (secondary N) is 1. The molecule has 1 N–H and O–H groups in total. The lowest BCUT2D eigenvalue weighted by molar-refractivity contribution is 0.199. The Hall–Kier alpha value is -1.00. The van der Waals surface area contributed by atoms with Gasteiger partial charge in [0.2, 0.25) is 0 Å². The molecule has 1 heterocycles. The number of hydrogen-bond donors (Lipinski definition) is 1. The molecule has 0 spiro atoms. The van der Waals surface area contributed by atoms with E-state index in [1.807, 2.05) is 0 Å². The van der Waals surface area contributed by atoms with E-state index in [-0.39, 0.29) is 0 Å². The molecule has 0 aliphatic heterocycles. The fourth-order valence-corrected chi connectivity index (χ4v) is 2.32. The molecule has 0 aliphatic carbocycles. The van der Waals surface area contributed by atoms with Crippen molar-refractivity contribution in [3.05, 3.63) is 22.8 Å². The van der Waals surface area contributed by atoms with Gasteiger partial charge >= 0.3 is 0 Å². The molecule has 0 saturated carbocycles. The van der Waals surface area contributed by atoms with Crippen molar-refractivity contribution in [2.45, 2.75) is 47.0 Å². The van der Waals surface area contributed by atoms with E-state index in [0.29, 0.717) is 5.92 Å². The predicted octanol–water partition coefficient (Wildman–Crippen LogP) is 2.46. The molecule has 0 aromatic carbocycles. The van der Waals surface area contributed by atoms with Crippen LogP contribution in [0.25, 0.3) is 0 Å². The van der Waals surface area contributed by atoms with Crippen LogP contribution >= 0.6 is 0 Å². The van der Waals surface area contributed by atoms with Crippen molar-refractivity contribution < 1.29 is 4.74 Å². The number of aryl methyl sites for hydroxylation is 2. The maximum absolute atomic E-state index is 5.01. The Bertz CT molecular complexity index is 382. The fraction of sp³-hybridized carbons (Fsp3) is 0.750. The van der Waals surface area contributed by atoms with Crippen LogP contribution in [-0.2, 0) is 17.6 Å². The average molecular weight is 279 g/mol. The summed E-state index contributed by atoms with van der Waals surface area (Å²) < 4.78 is 5.01. The Balaban J connectivity index is 2.49. The van der Waals surface area contributed by atoms with E-state index in [4.69, 9.17) is 4.74 Å². The number of ether oxygens (including phenoxy) is 1. The first-order valence-electron chi connectivity index (χ1n) is 7.57. The molecule has 1 aromatic rings. The summed E-state index contributed by atoms with van der Waals surface area (Å²) in [6, 6.07) is 0. The molecule has 0 atom stereocenters. The van der Waals surface area contributed by atoms with Gasteiger partial charge in [-0.15, -0.1) is 0 Å². The molecular formula is C16H29N3O. The Morgan fingerprint density at radius 1 is 1.10 bits per heavy atom. The van der Waals surface area contributed by atoms with Crippen LogP contribution in [0.5, 0.6) is 0 Å². The Morgan fingerprint density at radius 2 is 1.75 bits per heavy atom. The lowest BCUT2D eigenvalue weighted by Crippen LogP contribution is -2.21. The van der Waals surface area contributed by atoms with Crippen LogP contribution in [0, 0.1) is 19.8 Å². The van der Waals surface area contributed by atoms with Crippen LogP contribution in [0.4, 0.5) is 0 Å². The zero-order valence-electron chi connectivity index (χ0n) is 13.6. The van der Waals surface area contributed by atoms with E-state index >= 15 is 0 Å². The monoisotopic (exact) mass is 279 g/mol. The van der Waals surface area contributed by atoms with Gasteiger partial charge in [-0.3, -0.25) is 0 Å². The second-order valence-electron chi connectivity index (χ2n) is 5.73. The lowest BCUT2D eigenvalue weighted by Gasteiger charge is -2.12. The minimum Gasteiger partial charge on any atom is -0.383 e. The summed E-state index contributed by atoms with van der Waals surface area (Å²) in [5.41, 5.74) is 3.60. The molecule has 0 fully saturated rings. The minimum absolute atomic E-state index is 0.602. The highest BCUT2D eigenvalue weighted by molar-refractivity contribution is 5.24. The SMILES string of the molecule is COCCNCCCc1c(C)nc(CC(C)C)nc1C. The third-order valence-electron chi connectivity index (χ3n) is 3.32. The first kappa shape index (κ1) is 17.1. The third-order valence-corrected chi connectivity index (χ3v) is 3.32. The van der Waals surface area contributed by atoms with E-state index in [1.54, 1.807) is 7.11 Å². The Labute approximate surface area is 123 Å². The summed E-state index contributed by atoms with van der Waals surface area (Å²) in [5, 5.41) is 3.37. The predicted molar refractivity (Wildman–Crippen MR) is 83.1 cm³/mol. The van der Waals surface area contributed by atoms with Gasteiger partial charge in [0.05, 0.1) is 6.61 Å². The minimum atomic E-state index is 0.602. The van der Waals surface area contributed by atoms with Gasteiger partial charge in [-0.25, -0.2) is 9.97 Å². The van der Waals surface area contributed by atoms with Crippen molar-refractivity contribution >= 4 is 0 Å². The Kier molecular flexibility index (Phi) is 7.70. The molecule has 114 valence electrons. The first-order chi connectivity index (χ1) is 9.54. The zero-order chi connectivity index (χ0) is 15.0. The van der Waals surface area contributed by atoms with E-state index in [9.17, 15) is 0 Å². The van der Waals surface area contributed by atoms with Crippen LogP contribution in [0.15, 0.2) is 0 Å². The first-order valence-corrected chi connectivity index (χ1v) is 7.57. The van der Waals surface area contributed by atoms with Crippen molar-refractivity contribution in [1.82, 2.24) is 15.3 Å². The summed E-state index contributed by atoms with van der Waals surface area (Å²) in [7, 11) is 1.73. The van der Waals surface area contributed by atoms with E-state index in [1.165, 1.54) is 5.56 Å². The molecule has 1 aromatic heterocycles. The number of aromatic nitrogens is 2. The standard InChI is InChI=1S/C16H29N3O/c1-12(2)11-16-18-13(3)15(14(4)19-16)7-6-8-17-9-10-20-5/h12,17H,6-11H2,1-5H3. The largest absolute Gasteiger partial charge is 0.383 e. The van der Waals surface area contributed by atoms with Gasteiger partial charge in [-0.2, -0.15) is 0 Å². The molecular weight excluding hydrogens is 250 g/mol. The summed E-state index contributed by atoms with van der Waals surface area (Å²) >= 11 is 0. The van der Waals surface area contributed by atoms with Crippen LogP contribution in [0.2, 0.25) is 0 Å². The number of nitrogens with zero attached hydrogens (tertiary/aromatic N) is 2. The zero-order valence-corrected chi connectivity index (χ0v) is 13.6. The number of methoxy groups -OCH3 is 1. The highest BCUT2D eigenvalue weighted by Crippen LogP contribution is 2.14. The van der Waals surface area contributed by atoms with Crippen LogP contribution in [0.1, 0.15) is 43.0 Å². The van der Waals surface area contributed by atoms with Gasteiger partial charge in [0, 0.05) is 31.5 Å². The molecule has 0 unspecified atom stereocenters. The molecule has 0 amide bonds. The molecule has 0 saturated heterocycles. The summed E-state index contributed by atoms with van der Waals surface area (Å²) in [4.78, 5) is 9.30. The number of hydrogen-bond acceptors (Lipinski definition) is 4. The highest BCUT2D eigenvalue weighted by atomic mass is 16.5. The molecule has 4 heteroatoms. The van der Waals surface area contributed by atoms with Gasteiger partial charge in [-0.1, -0.05) is 13.8 Å². The Morgan fingerprint density at radius 3 is 2.30 bits per heavy atom. The molecule has 0 radical (unpaired) electrons. The molecule has 4 nitrogen and oxygen atoms in total. The van der Waals surface area contributed by atoms with Crippen LogP contribution in [-0.4, -0.2) is 36.8 Å². The second-order valence-corrected chi connectivity index (χ2v) is 5.73. The van der Waals surface area contributed by atoms with Gasteiger partial charge in [-0.05, 0) is 44.7 Å². The molecule has 1 rings (SSSR count). The van der Waals surface area contributed by atoms with Gasteiger partial charge < -0.3 is 10.1 Å². The lowest BCUT2D eigenvalue weighted by atomic mass is 10.1. The van der Waals surface area contributed by atoms with E-state index in [2.05, 4.69) is 43.0 Å². The van der Waals surface area contributed by atoms with Gasteiger partial charge in [0.25, 0.3) is 0 Å². The van der Waals surface area contributed by atoms with E-state index in [0.717, 1.165) is 56.2 Å². The molecule has 0 aliphatic rings. The normalized spacial score (nSPS) is 11.3. The fourth-order valence-electron chi connectivity index (χ4n) is 2.32. The maximum Gasteiger partial charge on any atom is 0.129 e. The summed E-state index contributed by atoms with van der Waals surface area (Å²) in [5.74, 6) is 1.58. The highest BCUT2D eigenvalue weighted by Gasteiger charge is 2.09. The van der Waals surface area contributed by atoms with Crippen molar-refractivity contribution in [2.24, 2.45) is 5.92 Å². The van der Waals surface area contributed by atoms with Crippen molar-refractivity contribution in [2.75, 3.05) is 26.8 Å². The van der Waals surface area contributed by atoms with Crippen LogP contribution < -0.4 is 5.32 Å². The smallest absolute Gasteiger partial charge is 0.129 e. The molecule has 0 bridgehead atoms. The second kappa shape index (κ2) is 9.03. The van der Waals surface area contributed by atoms with Crippen molar-refractivity contribution in [3.63, 3.8) is 0 Å². The van der Waals surface area contributed by atoms with Crippen molar-refractivity contribution in [1.29, 1.82) is 0 Å².